The van der Waals surface area contributed by atoms with Gasteiger partial charge in [0, 0.05) is 19.3 Å². The molecule has 0 spiro atoms. The summed E-state index contributed by atoms with van der Waals surface area (Å²) in [6.07, 6.45) is 83.3. The molecule has 0 saturated carbocycles. The molecule has 0 fully saturated rings. The molecule has 0 heterocycles. The molecule has 0 aromatic rings. The zero-order valence-electron chi connectivity index (χ0n) is 51.7. The third kappa shape index (κ3) is 64.1. The van der Waals surface area contributed by atoms with E-state index < -0.39 is 6.10 Å². The van der Waals surface area contributed by atoms with Crippen LogP contribution in [0.3, 0.4) is 0 Å². The Hall–Kier alpha value is -2.63. The Labute approximate surface area is 479 Å². The Balaban J connectivity index is 3.95. The van der Waals surface area contributed by atoms with Crippen LogP contribution in [0.1, 0.15) is 367 Å². The van der Waals surface area contributed by atoms with E-state index in [4.69, 9.17) is 14.2 Å². The van der Waals surface area contributed by atoms with Crippen molar-refractivity contribution in [1.29, 1.82) is 0 Å². The first-order valence-electron chi connectivity index (χ1n) is 34.1. The number of esters is 3. The number of carbonyl (C=O) groups excluding carboxylic acids is 3. The fourth-order valence-corrected chi connectivity index (χ4v) is 10.2. The first-order chi connectivity index (χ1) is 38.0. The van der Waals surface area contributed by atoms with Gasteiger partial charge in [0.15, 0.2) is 6.10 Å². The van der Waals surface area contributed by atoms with E-state index in [-0.39, 0.29) is 31.1 Å². The van der Waals surface area contributed by atoms with Crippen molar-refractivity contribution in [3.8, 4) is 0 Å². The van der Waals surface area contributed by atoms with Crippen LogP contribution in [0.2, 0.25) is 0 Å². The van der Waals surface area contributed by atoms with Gasteiger partial charge in [0.2, 0.25) is 0 Å². The van der Waals surface area contributed by atoms with Gasteiger partial charge in [0.1, 0.15) is 13.2 Å². The minimum Gasteiger partial charge on any atom is -0.462 e. The number of rotatable bonds is 63. The molecule has 0 amide bonds. The molecule has 0 aliphatic heterocycles. The number of unbranched alkanes of at least 4 members (excludes halogenated alkanes) is 44. The molecule has 6 nitrogen and oxygen atoms in total. The lowest BCUT2D eigenvalue weighted by molar-refractivity contribution is -0.167. The predicted octanol–water partition coefficient (Wildman–Crippen LogP) is 23.3. The van der Waals surface area contributed by atoms with Crippen molar-refractivity contribution in [3.63, 3.8) is 0 Å². The van der Waals surface area contributed by atoms with Gasteiger partial charge in [-0.3, -0.25) is 14.4 Å². The highest BCUT2D eigenvalue weighted by Gasteiger charge is 2.19. The molecule has 0 N–H and O–H groups in total. The molecule has 0 aliphatic rings. The Morgan fingerprint density at radius 3 is 0.740 bits per heavy atom. The third-order valence-corrected chi connectivity index (χ3v) is 15.3. The average molecular weight is 1080 g/mol. The number of carbonyl (C=O) groups is 3. The zero-order valence-corrected chi connectivity index (χ0v) is 51.7. The summed E-state index contributed by atoms with van der Waals surface area (Å²) in [7, 11) is 0. The van der Waals surface area contributed by atoms with E-state index in [0.717, 1.165) is 77.0 Å². The molecule has 1 unspecified atom stereocenters. The highest BCUT2D eigenvalue weighted by Crippen LogP contribution is 2.18. The van der Waals surface area contributed by atoms with Crippen LogP contribution in [0.5, 0.6) is 0 Å². The van der Waals surface area contributed by atoms with Gasteiger partial charge in [-0.25, -0.2) is 0 Å². The summed E-state index contributed by atoms with van der Waals surface area (Å²) in [5, 5.41) is 0. The largest absolute Gasteiger partial charge is 0.462 e. The minimum atomic E-state index is -0.768. The highest BCUT2D eigenvalue weighted by molar-refractivity contribution is 5.71. The smallest absolute Gasteiger partial charge is 0.306 e. The number of hydrogen-bond acceptors (Lipinski definition) is 6. The molecule has 0 rings (SSSR count). The van der Waals surface area contributed by atoms with E-state index in [2.05, 4.69) is 69.4 Å². The maximum Gasteiger partial charge on any atom is 0.306 e. The third-order valence-electron chi connectivity index (χ3n) is 15.3. The van der Waals surface area contributed by atoms with E-state index in [9.17, 15) is 14.4 Å². The van der Waals surface area contributed by atoms with Gasteiger partial charge in [-0.2, -0.15) is 0 Å². The fourth-order valence-electron chi connectivity index (χ4n) is 10.2. The van der Waals surface area contributed by atoms with E-state index in [1.807, 2.05) is 0 Å². The predicted molar refractivity (Wildman–Crippen MR) is 335 cm³/mol. The SMILES string of the molecule is CCCCCCC/C=C\C/C=C\C/C=C\CCCCCCCCCCCCCCCCCCC(=O)OCC(COC(=O)CCCCCCC)OC(=O)CCCCCCCCCCCCC/C=C\CCCCCCCCCC. The summed E-state index contributed by atoms with van der Waals surface area (Å²) in [6, 6.07) is 0. The monoisotopic (exact) mass is 1080 g/mol. The molecule has 450 valence electrons. The van der Waals surface area contributed by atoms with Crippen LogP contribution < -0.4 is 0 Å². The summed E-state index contributed by atoms with van der Waals surface area (Å²) in [5.41, 5.74) is 0. The summed E-state index contributed by atoms with van der Waals surface area (Å²) in [4.78, 5) is 38.0. The quantitative estimate of drug-likeness (QED) is 0.0261. The normalized spacial score (nSPS) is 12.3. The van der Waals surface area contributed by atoms with Gasteiger partial charge < -0.3 is 14.2 Å². The molecule has 0 bridgehead atoms. The second kappa shape index (κ2) is 65.9. The highest BCUT2D eigenvalue weighted by atomic mass is 16.6. The molecular weight excluding hydrogens is 949 g/mol. The molecule has 0 radical (unpaired) electrons. The van der Waals surface area contributed by atoms with Gasteiger partial charge in [0.25, 0.3) is 0 Å². The van der Waals surface area contributed by atoms with Crippen LogP contribution >= 0.6 is 0 Å². The van der Waals surface area contributed by atoms with Crippen molar-refractivity contribution in [3.05, 3.63) is 48.6 Å². The topological polar surface area (TPSA) is 78.9 Å². The van der Waals surface area contributed by atoms with Gasteiger partial charge in [-0.1, -0.05) is 313 Å². The maximum atomic E-state index is 12.8. The summed E-state index contributed by atoms with van der Waals surface area (Å²) < 4.78 is 16.8. The van der Waals surface area contributed by atoms with Crippen LogP contribution in [0, 0.1) is 0 Å². The van der Waals surface area contributed by atoms with Crippen LogP contribution in [0.4, 0.5) is 0 Å². The van der Waals surface area contributed by atoms with Gasteiger partial charge in [-0.15, -0.1) is 0 Å². The second-order valence-electron chi connectivity index (χ2n) is 23.1. The molecule has 0 aliphatic carbocycles. The Morgan fingerprint density at radius 1 is 0.260 bits per heavy atom. The van der Waals surface area contributed by atoms with Crippen molar-refractivity contribution >= 4 is 17.9 Å². The van der Waals surface area contributed by atoms with Crippen LogP contribution in [0.25, 0.3) is 0 Å². The molecular formula is C71H130O6. The van der Waals surface area contributed by atoms with Gasteiger partial charge >= 0.3 is 17.9 Å². The summed E-state index contributed by atoms with van der Waals surface area (Å²) in [6.45, 7) is 6.60. The molecule has 6 heteroatoms. The zero-order chi connectivity index (χ0) is 55.7. The van der Waals surface area contributed by atoms with Crippen LogP contribution in [0.15, 0.2) is 48.6 Å². The van der Waals surface area contributed by atoms with E-state index in [0.29, 0.717) is 19.3 Å². The van der Waals surface area contributed by atoms with Crippen molar-refractivity contribution in [2.24, 2.45) is 0 Å². The van der Waals surface area contributed by atoms with Crippen molar-refractivity contribution in [1.82, 2.24) is 0 Å². The van der Waals surface area contributed by atoms with E-state index in [1.54, 1.807) is 0 Å². The molecule has 0 saturated heterocycles. The minimum absolute atomic E-state index is 0.0698. The fraction of sp³-hybridized carbons (Fsp3) is 0.845. The van der Waals surface area contributed by atoms with Crippen molar-refractivity contribution < 1.29 is 28.6 Å². The van der Waals surface area contributed by atoms with Crippen LogP contribution in [-0.2, 0) is 28.6 Å². The van der Waals surface area contributed by atoms with Gasteiger partial charge in [0.05, 0.1) is 0 Å². The first kappa shape index (κ1) is 74.4. The van der Waals surface area contributed by atoms with Gasteiger partial charge in [-0.05, 0) is 83.5 Å². The Bertz CT molecular complexity index is 1330. The van der Waals surface area contributed by atoms with Crippen LogP contribution in [-0.4, -0.2) is 37.2 Å². The molecule has 1 atom stereocenters. The van der Waals surface area contributed by atoms with Crippen molar-refractivity contribution in [2.75, 3.05) is 13.2 Å². The summed E-state index contributed by atoms with van der Waals surface area (Å²) >= 11 is 0. The van der Waals surface area contributed by atoms with Crippen molar-refractivity contribution in [2.45, 2.75) is 374 Å². The molecule has 77 heavy (non-hydrogen) atoms. The second-order valence-corrected chi connectivity index (χ2v) is 23.1. The summed E-state index contributed by atoms with van der Waals surface area (Å²) in [5.74, 6) is -0.865. The number of ether oxygens (including phenoxy) is 3. The standard InChI is InChI=1S/C71H130O6/c1-4-7-10-13-15-17-19-21-23-25-27-29-31-32-33-34-35-36-37-38-40-41-43-45-47-49-51-53-55-58-61-64-70(73)76-67-68(66-75-69(72)63-60-57-12-9-6-3)77-71(74)65-62-59-56-54-52-50-48-46-44-42-39-30-28-26-24-22-20-18-16-14-11-8-5-2/h19,21,25-28,31-32,68H,4-18,20,22-24,29-30,33-67H2,1-3H3/b21-19-,27-25-,28-26-,32-31-. The average Bonchev–Trinajstić information content (AvgIpc) is 3.43. The Morgan fingerprint density at radius 2 is 0.468 bits per heavy atom. The number of hydrogen-bond donors (Lipinski definition) is 0. The lowest BCUT2D eigenvalue weighted by Gasteiger charge is -2.18. The Kier molecular flexibility index (Phi) is 63.6. The lowest BCUT2D eigenvalue weighted by atomic mass is 10.0. The maximum absolute atomic E-state index is 12.8. The van der Waals surface area contributed by atoms with E-state index in [1.165, 1.54) is 250 Å². The molecule has 0 aromatic heterocycles. The first-order valence-corrected chi connectivity index (χ1v) is 34.1. The lowest BCUT2D eigenvalue weighted by Crippen LogP contribution is -2.30. The van der Waals surface area contributed by atoms with E-state index >= 15 is 0 Å². The number of allylic oxidation sites excluding steroid dienone is 8. The molecule has 0 aromatic carbocycles.